The van der Waals surface area contributed by atoms with Crippen LogP contribution < -0.4 is 16.8 Å². The lowest BCUT2D eigenvalue weighted by molar-refractivity contribution is -0.144. The van der Waals surface area contributed by atoms with Gasteiger partial charge < -0.3 is 32.1 Å². The van der Waals surface area contributed by atoms with Crippen molar-refractivity contribution in [1.29, 1.82) is 0 Å². The molecule has 0 aliphatic heterocycles. The van der Waals surface area contributed by atoms with E-state index in [1.165, 1.54) is 6.92 Å². The van der Waals surface area contributed by atoms with Gasteiger partial charge in [0.2, 0.25) is 11.8 Å². The highest BCUT2D eigenvalue weighted by Crippen LogP contribution is 2.60. The molecule has 0 saturated heterocycles. The number of carbonyl (C=O) groups is 4. The Bertz CT molecular complexity index is 508. The van der Waals surface area contributed by atoms with Crippen LogP contribution in [0.5, 0.6) is 0 Å². The molecule has 0 radical (unpaired) electrons. The SMILES string of the molecule is CC(N)C(=O)NCC(N)=O.O=C(O)C1CC(O)C2C(C(=O)O)C12. The summed E-state index contributed by atoms with van der Waals surface area (Å²) < 4.78 is 0. The van der Waals surface area contributed by atoms with Crippen LogP contribution in [0.3, 0.4) is 0 Å². The van der Waals surface area contributed by atoms with Crippen LogP contribution in [-0.2, 0) is 19.2 Å². The minimum absolute atomic E-state index is 0.152. The van der Waals surface area contributed by atoms with Crippen molar-refractivity contribution < 1.29 is 34.5 Å². The standard InChI is InChI=1S/C8H10O5.C5H11N3O2/c9-3-1-2(7(10)11)4-5(3)6(4)8(12)13;1-3(6)5(10)8-2-4(7)9/h2-6,9H,1H2,(H,10,11)(H,12,13);3H,2,6H2,1H3,(H2,7,9)(H,8,10). The Morgan fingerprint density at radius 3 is 2.09 bits per heavy atom. The highest BCUT2D eigenvalue weighted by Gasteiger charge is 2.67. The van der Waals surface area contributed by atoms with E-state index in [0.717, 1.165) is 0 Å². The second-order valence-corrected chi connectivity index (χ2v) is 5.74. The first-order chi connectivity index (χ1) is 10.6. The molecule has 0 bridgehead atoms. The van der Waals surface area contributed by atoms with Crippen LogP contribution in [0.1, 0.15) is 13.3 Å². The zero-order valence-corrected chi connectivity index (χ0v) is 12.5. The van der Waals surface area contributed by atoms with Crippen LogP contribution in [0.2, 0.25) is 0 Å². The Balaban J connectivity index is 0.000000241. The summed E-state index contributed by atoms with van der Waals surface area (Å²) in [6, 6.07) is -0.598. The molecule has 0 heterocycles. The van der Waals surface area contributed by atoms with Crippen LogP contribution in [0.4, 0.5) is 0 Å². The predicted molar refractivity (Wildman–Crippen MR) is 75.7 cm³/mol. The molecule has 0 aromatic carbocycles. The van der Waals surface area contributed by atoms with Gasteiger partial charge in [-0.3, -0.25) is 19.2 Å². The molecular weight excluding hydrogens is 310 g/mol. The van der Waals surface area contributed by atoms with E-state index >= 15 is 0 Å². The first-order valence-electron chi connectivity index (χ1n) is 7.03. The molecule has 8 N–H and O–H groups in total. The lowest BCUT2D eigenvalue weighted by Crippen LogP contribution is -2.42. The summed E-state index contributed by atoms with van der Waals surface area (Å²) in [4.78, 5) is 41.9. The molecule has 0 spiro atoms. The first kappa shape index (κ1) is 18.8. The second kappa shape index (κ2) is 7.38. The molecular formula is C13H21N3O7. The first-order valence-corrected chi connectivity index (χ1v) is 7.03. The number of primary amides is 1. The normalized spacial score (nSPS) is 31.9. The van der Waals surface area contributed by atoms with E-state index in [4.69, 9.17) is 21.7 Å². The molecule has 2 amide bonds. The highest BCUT2D eigenvalue weighted by molar-refractivity contribution is 5.86. The topological polar surface area (TPSA) is 193 Å². The van der Waals surface area contributed by atoms with Crippen molar-refractivity contribution in [2.45, 2.75) is 25.5 Å². The predicted octanol–water partition coefficient (Wildman–Crippen LogP) is -2.67. The maximum absolute atomic E-state index is 10.6. The summed E-state index contributed by atoms with van der Waals surface area (Å²) in [5, 5.41) is 29.0. The summed E-state index contributed by atoms with van der Waals surface area (Å²) in [5.74, 6) is -4.89. The fourth-order valence-electron chi connectivity index (χ4n) is 2.88. The number of nitrogens with one attached hydrogen (secondary N) is 1. The third-order valence-electron chi connectivity index (χ3n) is 3.99. The van der Waals surface area contributed by atoms with E-state index in [2.05, 4.69) is 5.32 Å². The van der Waals surface area contributed by atoms with Gasteiger partial charge in [-0.1, -0.05) is 0 Å². The summed E-state index contributed by atoms with van der Waals surface area (Å²) in [5.41, 5.74) is 9.90. The molecule has 10 nitrogen and oxygen atoms in total. The largest absolute Gasteiger partial charge is 0.481 e. The van der Waals surface area contributed by atoms with E-state index in [-0.39, 0.29) is 30.7 Å². The van der Waals surface area contributed by atoms with Gasteiger partial charge >= 0.3 is 11.9 Å². The average Bonchev–Trinajstić information content (AvgIpc) is 3.09. The maximum atomic E-state index is 10.6. The summed E-state index contributed by atoms with van der Waals surface area (Å²) in [6.45, 7) is 1.37. The average molecular weight is 331 g/mol. The number of rotatable bonds is 5. The van der Waals surface area contributed by atoms with E-state index in [1.54, 1.807) is 0 Å². The van der Waals surface area contributed by atoms with Crippen molar-refractivity contribution in [3.05, 3.63) is 0 Å². The summed E-state index contributed by atoms with van der Waals surface area (Å²) in [7, 11) is 0. The van der Waals surface area contributed by atoms with Gasteiger partial charge in [0.1, 0.15) is 0 Å². The van der Waals surface area contributed by atoms with Gasteiger partial charge in [-0.15, -0.1) is 0 Å². The van der Waals surface area contributed by atoms with Gasteiger partial charge in [0.05, 0.1) is 30.5 Å². The molecule has 2 aliphatic carbocycles. The molecule has 2 aliphatic rings. The Morgan fingerprint density at radius 1 is 1.17 bits per heavy atom. The smallest absolute Gasteiger partial charge is 0.307 e. The molecule has 130 valence electrons. The van der Waals surface area contributed by atoms with Gasteiger partial charge in [-0.05, 0) is 19.3 Å². The van der Waals surface area contributed by atoms with E-state index in [1.807, 2.05) is 0 Å². The third-order valence-corrected chi connectivity index (χ3v) is 3.99. The molecule has 23 heavy (non-hydrogen) atoms. The Morgan fingerprint density at radius 2 is 1.74 bits per heavy atom. The lowest BCUT2D eigenvalue weighted by atomic mass is 9.99. The minimum Gasteiger partial charge on any atom is -0.481 e. The molecule has 2 saturated carbocycles. The molecule has 6 unspecified atom stereocenters. The van der Waals surface area contributed by atoms with Crippen LogP contribution in [0.25, 0.3) is 0 Å². The zero-order valence-electron chi connectivity index (χ0n) is 12.5. The number of fused-ring (bicyclic) bond motifs is 1. The Kier molecular flexibility index (Phi) is 6.05. The molecule has 2 fully saturated rings. The van der Waals surface area contributed by atoms with Crippen molar-refractivity contribution >= 4 is 23.8 Å². The maximum Gasteiger partial charge on any atom is 0.307 e. The van der Waals surface area contributed by atoms with Crippen LogP contribution >= 0.6 is 0 Å². The Hall–Kier alpha value is -2.20. The third kappa shape index (κ3) is 4.63. The number of aliphatic hydroxyl groups excluding tert-OH is 1. The fourth-order valence-corrected chi connectivity index (χ4v) is 2.88. The monoisotopic (exact) mass is 331 g/mol. The minimum atomic E-state index is -0.990. The molecule has 0 aromatic heterocycles. The van der Waals surface area contributed by atoms with Crippen molar-refractivity contribution in [2.24, 2.45) is 35.1 Å². The van der Waals surface area contributed by atoms with Crippen molar-refractivity contribution in [1.82, 2.24) is 5.32 Å². The molecule has 6 atom stereocenters. The van der Waals surface area contributed by atoms with Crippen molar-refractivity contribution in [2.75, 3.05) is 6.54 Å². The number of carboxylic acids is 2. The number of hydrogen-bond donors (Lipinski definition) is 6. The van der Waals surface area contributed by atoms with Gasteiger partial charge in [-0.25, -0.2) is 0 Å². The number of carbonyl (C=O) groups excluding carboxylic acids is 2. The van der Waals surface area contributed by atoms with Crippen molar-refractivity contribution in [3.8, 4) is 0 Å². The number of aliphatic hydroxyl groups is 1. The van der Waals surface area contributed by atoms with E-state index in [9.17, 15) is 24.3 Å². The van der Waals surface area contributed by atoms with Gasteiger partial charge in [0.15, 0.2) is 0 Å². The number of aliphatic carboxylic acids is 2. The van der Waals surface area contributed by atoms with Crippen LogP contribution in [0, 0.1) is 23.7 Å². The summed E-state index contributed by atoms with van der Waals surface area (Å²) >= 11 is 0. The fraction of sp³-hybridized carbons (Fsp3) is 0.692. The van der Waals surface area contributed by atoms with Gasteiger partial charge in [0, 0.05) is 5.92 Å². The van der Waals surface area contributed by atoms with Gasteiger partial charge in [0.25, 0.3) is 0 Å². The molecule has 10 heteroatoms. The number of hydrogen-bond acceptors (Lipinski definition) is 6. The quantitative estimate of drug-likeness (QED) is 0.314. The van der Waals surface area contributed by atoms with Gasteiger partial charge in [-0.2, -0.15) is 0 Å². The van der Waals surface area contributed by atoms with E-state index in [0.29, 0.717) is 0 Å². The van der Waals surface area contributed by atoms with Crippen molar-refractivity contribution in [3.63, 3.8) is 0 Å². The number of amides is 2. The number of carboxylic acid groups (broad SMARTS) is 2. The Labute approximate surface area is 131 Å². The second-order valence-electron chi connectivity index (χ2n) is 5.74. The zero-order chi connectivity index (χ0) is 17.9. The summed E-state index contributed by atoms with van der Waals surface area (Å²) in [6.07, 6.45) is -0.541. The molecule has 0 aromatic rings. The lowest BCUT2D eigenvalue weighted by Gasteiger charge is -2.09. The van der Waals surface area contributed by atoms with Crippen LogP contribution in [0.15, 0.2) is 0 Å². The van der Waals surface area contributed by atoms with Crippen LogP contribution in [-0.4, -0.2) is 57.8 Å². The highest BCUT2D eigenvalue weighted by atomic mass is 16.4. The van der Waals surface area contributed by atoms with E-state index < -0.39 is 41.8 Å². The molecule has 2 rings (SSSR count). The number of nitrogens with two attached hydrogens (primary N) is 2.